The SMILES string of the molecule is CC1(C)N=C(N)N=C(N)N1c1cc(Cl)c(N2C(N)=NC(N)=NC2(C)C)c(Cl)c1.Cl.Cl. The highest BCUT2D eigenvalue weighted by Crippen LogP contribution is 2.42. The molecule has 0 saturated heterocycles. The second-order valence-corrected chi connectivity index (χ2v) is 8.11. The molecule has 0 saturated carbocycles. The predicted molar refractivity (Wildman–Crippen MR) is 131 cm³/mol. The van der Waals surface area contributed by atoms with E-state index < -0.39 is 11.3 Å². The highest BCUT2D eigenvalue weighted by atomic mass is 35.5. The molecule has 2 heterocycles. The Morgan fingerprint density at radius 1 is 0.733 bits per heavy atom. The zero-order chi connectivity index (χ0) is 21.0. The second kappa shape index (κ2) is 8.54. The van der Waals surface area contributed by atoms with Crippen LogP contribution in [0.1, 0.15) is 27.7 Å². The van der Waals surface area contributed by atoms with E-state index >= 15 is 0 Å². The predicted octanol–water partition coefficient (Wildman–Crippen LogP) is 2.21. The quantitative estimate of drug-likeness (QED) is 0.489. The monoisotopic (exact) mass is 496 g/mol. The number of halogens is 4. The van der Waals surface area contributed by atoms with E-state index in [1.54, 1.807) is 21.9 Å². The molecule has 0 fully saturated rings. The molecule has 8 N–H and O–H groups in total. The maximum atomic E-state index is 6.60. The number of hydrogen-bond donors (Lipinski definition) is 4. The van der Waals surface area contributed by atoms with Crippen LogP contribution in [-0.4, -0.2) is 35.2 Å². The summed E-state index contributed by atoms with van der Waals surface area (Å²) in [5, 5.41) is 0.631. The minimum Gasteiger partial charge on any atom is -0.369 e. The number of aliphatic imine (C=N–C) groups is 4. The molecule has 3 rings (SSSR count). The largest absolute Gasteiger partial charge is 0.369 e. The van der Waals surface area contributed by atoms with Gasteiger partial charge in [0.05, 0.1) is 15.7 Å². The summed E-state index contributed by atoms with van der Waals surface area (Å²) in [4.78, 5) is 20.0. The van der Waals surface area contributed by atoms with Crippen molar-refractivity contribution >= 4 is 83.2 Å². The van der Waals surface area contributed by atoms with Crippen molar-refractivity contribution in [3.63, 3.8) is 0 Å². The van der Waals surface area contributed by atoms with Crippen LogP contribution < -0.4 is 32.7 Å². The van der Waals surface area contributed by atoms with Crippen molar-refractivity contribution < 1.29 is 0 Å². The molecule has 10 nitrogen and oxygen atoms in total. The van der Waals surface area contributed by atoms with E-state index in [-0.39, 0.29) is 48.7 Å². The molecule has 0 aliphatic carbocycles. The van der Waals surface area contributed by atoms with Crippen molar-refractivity contribution in [3.8, 4) is 0 Å². The number of anilines is 2. The average Bonchev–Trinajstić information content (AvgIpc) is 2.46. The molecule has 0 atom stereocenters. The number of hydrogen-bond acceptors (Lipinski definition) is 10. The maximum absolute atomic E-state index is 6.60. The Morgan fingerprint density at radius 3 is 1.47 bits per heavy atom. The van der Waals surface area contributed by atoms with Gasteiger partial charge >= 0.3 is 0 Å². The molecule has 2 aliphatic heterocycles. The van der Waals surface area contributed by atoms with E-state index in [1.165, 1.54) is 0 Å². The smallest absolute Gasteiger partial charge is 0.220 e. The van der Waals surface area contributed by atoms with Gasteiger partial charge < -0.3 is 22.9 Å². The minimum atomic E-state index is -0.839. The Labute approximate surface area is 196 Å². The molecular weight excluding hydrogens is 474 g/mol. The fraction of sp³-hybridized carbons (Fsp3) is 0.375. The van der Waals surface area contributed by atoms with E-state index in [2.05, 4.69) is 20.0 Å². The fourth-order valence-corrected chi connectivity index (χ4v) is 3.98. The number of nitrogens with zero attached hydrogens (tertiary/aromatic N) is 6. The molecule has 30 heavy (non-hydrogen) atoms. The molecule has 2 aliphatic rings. The Bertz CT molecular complexity index is 944. The number of nitrogens with two attached hydrogens (primary N) is 4. The summed E-state index contributed by atoms with van der Waals surface area (Å²) in [6.45, 7) is 7.32. The average molecular weight is 498 g/mol. The van der Waals surface area contributed by atoms with Crippen LogP contribution in [0.4, 0.5) is 11.4 Å². The summed E-state index contributed by atoms with van der Waals surface area (Å²) in [6.07, 6.45) is 0. The second-order valence-electron chi connectivity index (χ2n) is 7.30. The lowest BCUT2D eigenvalue weighted by molar-refractivity contribution is 0.531. The summed E-state index contributed by atoms with van der Waals surface area (Å²) in [7, 11) is 0. The topological polar surface area (TPSA) is 160 Å². The van der Waals surface area contributed by atoms with Gasteiger partial charge in [0, 0.05) is 5.69 Å². The first-order chi connectivity index (χ1) is 12.8. The molecule has 0 amide bonds. The maximum Gasteiger partial charge on any atom is 0.220 e. The van der Waals surface area contributed by atoms with Gasteiger partial charge in [0.2, 0.25) is 23.8 Å². The molecule has 166 valence electrons. The third-order valence-corrected chi connectivity index (χ3v) is 4.85. The van der Waals surface area contributed by atoms with Crippen LogP contribution in [-0.2, 0) is 0 Å². The van der Waals surface area contributed by atoms with Crippen LogP contribution in [0.15, 0.2) is 32.1 Å². The van der Waals surface area contributed by atoms with Crippen LogP contribution in [0.3, 0.4) is 0 Å². The summed E-state index contributed by atoms with van der Waals surface area (Å²) in [5.41, 5.74) is 23.1. The van der Waals surface area contributed by atoms with E-state index in [0.29, 0.717) is 21.4 Å². The molecule has 0 aromatic heterocycles. The van der Waals surface area contributed by atoms with Gasteiger partial charge in [-0.3, -0.25) is 9.80 Å². The van der Waals surface area contributed by atoms with Crippen molar-refractivity contribution in [2.45, 2.75) is 39.0 Å². The van der Waals surface area contributed by atoms with E-state index in [1.807, 2.05) is 27.7 Å². The van der Waals surface area contributed by atoms with Gasteiger partial charge in [0.15, 0.2) is 0 Å². The molecule has 14 heteroatoms. The molecule has 1 aromatic rings. The third-order valence-electron chi connectivity index (χ3n) is 4.27. The van der Waals surface area contributed by atoms with Crippen molar-refractivity contribution in [2.75, 3.05) is 9.80 Å². The lowest BCUT2D eigenvalue weighted by atomic mass is 10.1. The Kier molecular flexibility index (Phi) is 7.37. The lowest BCUT2D eigenvalue weighted by Gasteiger charge is -2.41. The first-order valence-electron chi connectivity index (χ1n) is 8.32. The number of rotatable bonds is 2. The van der Waals surface area contributed by atoms with Gasteiger partial charge in [0.25, 0.3) is 0 Å². The number of guanidine groups is 4. The highest BCUT2D eigenvalue weighted by molar-refractivity contribution is 6.40. The number of benzene rings is 1. The van der Waals surface area contributed by atoms with Crippen molar-refractivity contribution in [3.05, 3.63) is 22.2 Å². The van der Waals surface area contributed by atoms with Gasteiger partial charge in [-0.25, -0.2) is 9.98 Å². The van der Waals surface area contributed by atoms with E-state index in [0.717, 1.165) is 0 Å². The van der Waals surface area contributed by atoms with Crippen molar-refractivity contribution in [1.29, 1.82) is 0 Å². The standard InChI is InChI=1S/C16H22Cl2N10.2ClH/c1-15(2)25-11(19)23-13(21)27(15)7-5-8(17)10(9(18)6-7)28-14(22)24-12(20)26-16(28,3)4;;/h5-6H,1-4H3,(H4,19,21,23,25)(H4,20,22,24,26);2*1H. The first kappa shape index (κ1) is 25.9. The first-order valence-corrected chi connectivity index (χ1v) is 9.07. The zero-order valence-electron chi connectivity index (χ0n) is 16.7. The summed E-state index contributed by atoms with van der Waals surface area (Å²) in [5.74, 6) is 0.485. The molecule has 0 bridgehead atoms. The summed E-state index contributed by atoms with van der Waals surface area (Å²) in [6, 6.07) is 3.38. The third kappa shape index (κ3) is 4.46. The normalized spacial score (nSPS) is 19.5. The molecule has 0 radical (unpaired) electrons. The van der Waals surface area contributed by atoms with Gasteiger partial charge in [-0.2, -0.15) is 9.98 Å². The van der Waals surface area contributed by atoms with E-state index in [4.69, 9.17) is 46.1 Å². The Balaban J connectivity index is 0.00000225. The zero-order valence-corrected chi connectivity index (χ0v) is 19.9. The molecule has 1 aromatic carbocycles. The highest BCUT2D eigenvalue weighted by Gasteiger charge is 2.38. The van der Waals surface area contributed by atoms with Crippen LogP contribution in [0, 0.1) is 0 Å². The fourth-order valence-electron chi connectivity index (χ4n) is 3.34. The Morgan fingerprint density at radius 2 is 1.10 bits per heavy atom. The van der Waals surface area contributed by atoms with E-state index in [9.17, 15) is 0 Å². The minimum absolute atomic E-state index is 0. The van der Waals surface area contributed by atoms with Crippen molar-refractivity contribution in [2.24, 2.45) is 42.9 Å². The van der Waals surface area contributed by atoms with Crippen LogP contribution >= 0.6 is 48.0 Å². The van der Waals surface area contributed by atoms with Crippen molar-refractivity contribution in [1.82, 2.24) is 0 Å². The summed E-state index contributed by atoms with van der Waals surface area (Å²) < 4.78 is 0. The Hall–Kier alpha value is -2.14. The summed E-state index contributed by atoms with van der Waals surface area (Å²) >= 11 is 13.2. The molecule has 0 spiro atoms. The van der Waals surface area contributed by atoms with Gasteiger partial charge in [-0.15, -0.1) is 24.8 Å². The van der Waals surface area contributed by atoms with Crippen LogP contribution in [0.2, 0.25) is 10.0 Å². The van der Waals surface area contributed by atoms with Gasteiger partial charge in [-0.05, 0) is 39.8 Å². The van der Waals surface area contributed by atoms with Crippen LogP contribution in [0.25, 0.3) is 0 Å². The van der Waals surface area contributed by atoms with Gasteiger partial charge in [0.1, 0.15) is 11.3 Å². The van der Waals surface area contributed by atoms with Crippen LogP contribution in [0.5, 0.6) is 0 Å². The molecular formula is C16H24Cl4N10. The lowest BCUT2D eigenvalue weighted by Crippen LogP contribution is -2.55. The van der Waals surface area contributed by atoms with Gasteiger partial charge in [-0.1, -0.05) is 23.2 Å². The molecule has 0 unspecified atom stereocenters.